The van der Waals surface area contributed by atoms with Crippen molar-refractivity contribution in [2.24, 2.45) is 0 Å². The third kappa shape index (κ3) is 4.55. The van der Waals surface area contributed by atoms with Gasteiger partial charge in [-0.3, -0.25) is 9.69 Å². The smallest absolute Gasteiger partial charge is 0.253 e. The summed E-state index contributed by atoms with van der Waals surface area (Å²) in [6, 6.07) is 19.1. The zero-order valence-corrected chi connectivity index (χ0v) is 16.8. The van der Waals surface area contributed by atoms with Crippen LogP contribution in [0.2, 0.25) is 0 Å². The van der Waals surface area contributed by atoms with Gasteiger partial charge in [-0.2, -0.15) is 0 Å². The zero-order chi connectivity index (χ0) is 20.1. The minimum atomic E-state index is -0.158. The zero-order valence-electron chi connectivity index (χ0n) is 15.9. The Hall–Kier alpha value is -3.38. The molecule has 29 heavy (non-hydrogen) atoms. The van der Waals surface area contributed by atoms with Crippen LogP contribution in [0.15, 0.2) is 77.4 Å². The second-order valence-electron chi connectivity index (χ2n) is 6.31. The Bertz CT molecular complexity index is 1120. The highest BCUT2D eigenvalue weighted by Crippen LogP contribution is 2.32. The van der Waals surface area contributed by atoms with Gasteiger partial charge < -0.3 is 9.15 Å². The second-order valence-corrected chi connectivity index (χ2v) is 7.32. The average Bonchev–Trinajstić information content (AvgIpc) is 3.40. The van der Waals surface area contributed by atoms with Crippen molar-refractivity contribution in [3.05, 3.63) is 84.3 Å². The van der Waals surface area contributed by atoms with Crippen LogP contribution in [0.25, 0.3) is 16.3 Å². The molecule has 0 aliphatic heterocycles. The monoisotopic (exact) mass is 404 g/mol. The molecule has 0 aliphatic carbocycles. The number of aromatic nitrogens is 1. The lowest BCUT2D eigenvalue weighted by Crippen LogP contribution is -2.28. The van der Waals surface area contributed by atoms with Crippen molar-refractivity contribution in [3.8, 4) is 5.75 Å². The maximum absolute atomic E-state index is 13.0. The van der Waals surface area contributed by atoms with Crippen molar-refractivity contribution >= 4 is 38.7 Å². The number of carbonyl (C=O) groups is 1. The molecule has 0 N–H and O–H groups in total. The van der Waals surface area contributed by atoms with Gasteiger partial charge in [-0.25, -0.2) is 4.98 Å². The van der Waals surface area contributed by atoms with Gasteiger partial charge in [0.15, 0.2) is 5.13 Å². The minimum Gasteiger partial charge on any atom is -0.494 e. The molecule has 2 aromatic heterocycles. The molecule has 5 nitrogen and oxygen atoms in total. The maximum Gasteiger partial charge on any atom is 0.253 e. The summed E-state index contributed by atoms with van der Waals surface area (Å²) in [6.45, 7) is 2.86. The number of thiazole rings is 1. The summed E-state index contributed by atoms with van der Waals surface area (Å²) in [7, 11) is 0. The van der Waals surface area contributed by atoms with Crippen LogP contribution in [0.3, 0.4) is 0 Å². The number of carbonyl (C=O) groups excluding carboxylic acids is 1. The first-order chi connectivity index (χ1) is 14.2. The fraction of sp³-hybridized carbons (Fsp3) is 0.130. The van der Waals surface area contributed by atoms with E-state index in [1.165, 1.54) is 11.3 Å². The van der Waals surface area contributed by atoms with Crippen molar-refractivity contribution in [2.45, 2.75) is 13.5 Å². The summed E-state index contributed by atoms with van der Waals surface area (Å²) in [4.78, 5) is 19.3. The van der Waals surface area contributed by atoms with Gasteiger partial charge in [-0.15, -0.1) is 0 Å². The average molecular weight is 404 g/mol. The Morgan fingerprint density at radius 1 is 1.17 bits per heavy atom. The first-order valence-electron chi connectivity index (χ1n) is 9.33. The highest BCUT2D eigenvalue weighted by molar-refractivity contribution is 7.22. The van der Waals surface area contributed by atoms with E-state index in [-0.39, 0.29) is 5.91 Å². The fourth-order valence-corrected chi connectivity index (χ4v) is 3.88. The normalized spacial score (nSPS) is 11.2. The molecule has 0 spiro atoms. The van der Waals surface area contributed by atoms with Crippen LogP contribution in [0, 0.1) is 0 Å². The number of nitrogens with zero attached hydrogens (tertiary/aromatic N) is 2. The van der Waals surface area contributed by atoms with Crippen molar-refractivity contribution in [1.29, 1.82) is 0 Å². The van der Waals surface area contributed by atoms with E-state index in [1.54, 1.807) is 23.3 Å². The van der Waals surface area contributed by atoms with E-state index in [0.717, 1.165) is 21.5 Å². The van der Waals surface area contributed by atoms with Gasteiger partial charge in [0.25, 0.3) is 5.91 Å². The highest BCUT2D eigenvalue weighted by Gasteiger charge is 2.19. The molecule has 1 amide bonds. The molecule has 0 saturated carbocycles. The van der Waals surface area contributed by atoms with Crippen LogP contribution in [-0.4, -0.2) is 17.5 Å². The molecule has 2 heterocycles. The molecule has 6 heteroatoms. The third-order valence-corrected chi connectivity index (χ3v) is 5.31. The molecule has 0 saturated heterocycles. The topological polar surface area (TPSA) is 55.6 Å². The number of rotatable bonds is 7. The molecule has 0 bridgehead atoms. The van der Waals surface area contributed by atoms with Gasteiger partial charge in [0.05, 0.1) is 29.6 Å². The molecular formula is C23H20N2O3S. The lowest BCUT2D eigenvalue weighted by atomic mass is 10.2. The number of amides is 1. The van der Waals surface area contributed by atoms with E-state index in [4.69, 9.17) is 9.15 Å². The number of anilines is 1. The van der Waals surface area contributed by atoms with Crippen molar-refractivity contribution < 1.29 is 13.9 Å². The predicted molar refractivity (Wildman–Crippen MR) is 116 cm³/mol. The number of ether oxygens (including phenoxy) is 1. The molecule has 0 radical (unpaired) electrons. The standard InChI is InChI=1S/C23H20N2O3S/c1-2-27-18-11-12-20-21(15-18)29-23(24-20)25(16-19-9-6-14-28-19)22(26)13-10-17-7-4-3-5-8-17/h3-15H,2,16H2,1H3/b13-10+. The van der Waals surface area contributed by atoms with E-state index in [2.05, 4.69) is 4.98 Å². The molecule has 0 atom stereocenters. The van der Waals surface area contributed by atoms with Gasteiger partial charge in [0.1, 0.15) is 11.5 Å². The molecule has 146 valence electrons. The van der Waals surface area contributed by atoms with Gasteiger partial charge in [-0.1, -0.05) is 41.7 Å². The lowest BCUT2D eigenvalue weighted by Gasteiger charge is -2.16. The molecular weight excluding hydrogens is 384 g/mol. The summed E-state index contributed by atoms with van der Waals surface area (Å²) >= 11 is 1.46. The largest absolute Gasteiger partial charge is 0.494 e. The van der Waals surface area contributed by atoms with Gasteiger partial charge in [0.2, 0.25) is 0 Å². The molecule has 0 unspecified atom stereocenters. The second kappa shape index (κ2) is 8.75. The Balaban J connectivity index is 1.65. The number of fused-ring (bicyclic) bond motifs is 1. The SMILES string of the molecule is CCOc1ccc2nc(N(Cc3ccco3)C(=O)/C=C/c3ccccc3)sc2c1. The lowest BCUT2D eigenvalue weighted by molar-refractivity contribution is -0.114. The summed E-state index contributed by atoms with van der Waals surface area (Å²) in [6.07, 6.45) is 4.97. The summed E-state index contributed by atoms with van der Waals surface area (Å²) in [5.74, 6) is 1.33. The van der Waals surface area contributed by atoms with Gasteiger partial charge >= 0.3 is 0 Å². The van der Waals surface area contributed by atoms with E-state index in [9.17, 15) is 4.79 Å². The number of hydrogen-bond acceptors (Lipinski definition) is 5. The third-order valence-electron chi connectivity index (χ3n) is 4.27. The predicted octanol–water partition coefficient (Wildman–Crippen LogP) is 5.53. The van der Waals surface area contributed by atoms with Gasteiger partial charge in [-0.05, 0) is 48.9 Å². The Labute approximate surface area is 172 Å². The number of hydrogen-bond donors (Lipinski definition) is 0. The van der Waals surface area contributed by atoms with Crippen LogP contribution in [0.5, 0.6) is 5.75 Å². The van der Waals surface area contributed by atoms with Crippen LogP contribution in [-0.2, 0) is 11.3 Å². The summed E-state index contributed by atoms with van der Waals surface area (Å²) < 4.78 is 12.0. The van der Waals surface area contributed by atoms with Crippen molar-refractivity contribution in [3.63, 3.8) is 0 Å². The molecule has 4 rings (SSSR count). The number of benzene rings is 2. The van der Waals surface area contributed by atoms with Crippen LogP contribution in [0.4, 0.5) is 5.13 Å². The first kappa shape index (κ1) is 19.0. The highest BCUT2D eigenvalue weighted by atomic mass is 32.1. The van der Waals surface area contributed by atoms with E-state index >= 15 is 0 Å². The van der Waals surface area contributed by atoms with Crippen LogP contribution >= 0.6 is 11.3 Å². The Morgan fingerprint density at radius 2 is 2.03 bits per heavy atom. The van der Waals surface area contributed by atoms with Gasteiger partial charge in [0, 0.05) is 6.08 Å². The van der Waals surface area contributed by atoms with E-state index in [0.29, 0.717) is 24.0 Å². The summed E-state index contributed by atoms with van der Waals surface area (Å²) in [5.41, 5.74) is 1.79. The summed E-state index contributed by atoms with van der Waals surface area (Å²) in [5, 5.41) is 0.618. The van der Waals surface area contributed by atoms with E-state index < -0.39 is 0 Å². The Kier molecular flexibility index (Phi) is 5.72. The van der Waals surface area contributed by atoms with Crippen molar-refractivity contribution in [2.75, 3.05) is 11.5 Å². The fourth-order valence-electron chi connectivity index (χ4n) is 2.88. The molecule has 2 aromatic carbocycles. The molecule has 0 fully saturated rings. The first-order valence-corrected chi connectivity index (χ1v) is 10.1. The maximum atomic E-state index is 13.0. The van der Waals surface area contributed by atoms with Crippen molar-refractivity contribution in [1.82, 2.24) is 4.98 Å². The molecule has 0 aliphatic rings. The van der Waals surface area contributed by atoms with Crippen LogP contribution in [0.1, 0.15) is 18.2 Å². The van der Waals surface area contributed by atoms with Crippen LogP contribution < -0.4 is 9.64 Å². The molecule has 4 aromatic rings. The van der Waals surface area contributed by atoms with E-state index in [1.807, 2.05) is 67.6 Å². The quantitative estimate of drug-likeness (QED) is 0.380. The number of furan rings is 1. The minimum absolute atomic E-state index is 0.158. The Morgan fingerprint density at radius 3 is 2.79 bits per heavy atom.